The van der Waals surface area contributed by atoms with Crippen LogP contribution >= 0.6 is 0 Å². The lowest BCUT2D eigenvalue weighted by Gasteiger charge is -2.53. The second-order valence-corrected chi connectivity index (χ2v) is 7.55. The topological polar surface area (TPSA) is 62.2 Å². The molecular weight excluding hydrogens is 244 g/mol. The molecule has 0 aromatic heterocycles. The van der Waals surface area contributed by atoms with Crippen molar-refractivity contribution < 1.29 is 19.7 Å². The lowest BCUT2D eigenvalue weighted by atomic mass is 9.50. The molecule has 2 aliphatic heterocycles. The maximum absolute atomic E-state index is 10.9. The molecule has 8 atom stereocenters. The van der Waals surface area contributed by atoms with Gasteiger partial charge in [-0.1, -0.05) is 20.8 Å². The van der Waals surface area contributed by atoms with Crippen LogP contribution in [0.15, 0.2) is 0 Å². The van der Waals surface area contributed by atoms with Crippen LogP contribution in [0, 0.1) is 23.2 Å². The highest BCUT2D eigenvalue weighted by Gasteiger charge is 2.84. The molecule has 0 aromatic rings. The molecule has 4 heteroatoms. The molecule has 0 unspecified atom stereocenters. The third kappa shape index (κ3) is 1.17. The highest BCUT2D eigenvalue weighted by atomic mass is 16.7. The number of fused-ring (bicyclic) bond motifs is 2. The summed E-state index contributed by atoms with van der Waals surface area (Å²) in [5.41, 5.74) is -0.617. The van der Waals surface area contributed by atoms with Crippen LogP contribution in [-0.4, -0.2) is 40.4 Å². The van der Waals surface area contributed by atoms with Crippen molar-refractivity contribution in [3.05, 3.63) is 0 Å². The minimum atomic E-state index is -1.17. The maximum atomic E-state index is 10.9. The Morgan fingerprint density at radius 3 is 2.68 bits per heavy atom. The van der Waals surface area contributed by atoms with Crippen LogP contribution in [0.2, 0.25) is 0 Å². The summed E-state index contributed by atoms with van der Waals surface area (Å²) in [7, 11) is 0. The van der Waals surface area contributed by atoms with Crippen LogP contribution in [0.25, 0.3) is 0 Å². The van der Waals surface area contributed by atoms with Gasteiger partial charge in [0.15, 0.2) is 5.79 Å². The summed E-state index contributed by atoms with van der Waals surface area (Å²) in [5, 5.41) is 21.4. The van der Waals surface area contributed by atoms with Gasteiger partial charge in [-0.3, -0.25) is 0 Å². The van der Waals surface area contributed by atoms with E-state index in [0.717, 1.165) is 19.3 Å². The molecule has 19 heavy (non-hydrogen) atoms. The van der Waals surface area contributed by atoms with E-state index in [1.165, 1.54) is 0 Å². The Hall–Kier alpha value is -0.160. The second-order valence-electron chi connectivity index (χ2n) is 7.55. The Morgan fingerprint density at radius 1 is 1.21 bits per heavy atom. The summed E-state index contributed by atoms with van der Waals surface area (Å²) < 4.78 is 11.7. The van der Waals surface area contributed by atoms with E-state index in [4.69, 9.17) is 9.47 Å². The van der Waals surface area contributed by atoms with Crippen molar-refractivity contribution in [3.63, 3.8) is 0 Å². The zero-order chi connectivity index (χ0) is 13.6. The number of epoxide rings is 1. The quantitative estimate of drug-likeness (QED) is 0.650. The highest BCUT2D eigenvalue weighted by Crippen LogP contribution is 2.71. The molecule has 0 bridgehead atoms. The van der Waals surface area contributed by atoms with Crippen LogP contribution in [0.5, 0.6) is 0 Å². The van der Waals surface area contributed by atoms with Crippen molar-refractivity contribution >= 4 is 0 Å². The first-order valence-electron chi connectivity index (χ1n) is 7.58. The van der Waals surface area contributed by atoms with E-state index in [1.807, 2.05) is 0 Å². The van der Waals surface area contributed by atoms with E-state index < -0.39 is 17.5 Å². The second kappa shape index (κ2) is 3.35. The Labute approximate surface area is 114 Å². The molecule has 2 heterocycles. The number of aliphatic hydroxyl groups is 2. The third-order valence-corrected chi connectivity index (χ3v) is 6.81. The van der Waals surface area contributed by atoms with E-state index in [0.29, 0.717) is 18.4 Å². The molecule has 4 nitrogen and oxygen atoms in total. The average Bonchev–Trinajstić information content (AvgIpc) is 3.08. The fourth-order valence-electron chi connectivity index (χ4n) is 5.28. The predicted molar refractivity (Wildman–Crippen MR) is 68.3 cm³/mol. The monoisotopic (exact) mass is 268 g/mol. The van der Waals surface area contributed by atoms with Gasteiger partial charge in [-0.05, 0) is 31.1 Å². The lowest BCUT2D eigenvalue weighted by Crippen LogP contribution is -2.63. The first kappa shape index (κ1) is 12.6. The van der Waals surface area contributed by atoms with Gasteiger partial charge in [-0.15, -0.1) is 0 Å². The number of hydrogen-bond donors (Lipinski definition) is 2. The smallest absolute Gasteiger partial charge is 0.198 e. The third-order valence-electron chi connectivity index (χ3n) is 6.81. The van der Waals surface area contributed by atoms with Gasteiger partial charge in [0.05, 0.1) is 12.7 Å². The van der Waals surface area contributed by atoms with Crippen LogP contribution < -0.4 is 0 Å². The molecule has 0 aromatic carbocycles. The first-order valence-corrected chi connectivity index (χ1v) is 7.58. The summed E-state index contributed by atoms with van der Waals surface area (Å²) in [4.78, 5) is 0. The van der Waals surface area contributed by atoms with Gasteiger partial charge in [0.2, 0.25) is 0 Å². The number of aliphatic hydroxyl groups excluding tert-OH is 1. The van der Waals surface area contributed by atoms with E-state index in [9.17, 15) is 10.2 Å². The van der Waals surface area contributed by atoms with Gasteiger partial charge in [-0.2, -0.15) is 0 Å². The van der Waals surface area contributed by atoms with Crippen molar-refractivity contribution in [1.82, 2.24) is 0 Å². The zero-order valence-electron chi connectivity index (χ0n) is 11.9. The fraction of sp³-hybridized carbons (Fsp3) is 1.00. The van der Waals surface area contributed by atoms with Crippen LogP contribution in [0.1, 0.15) is 40.0 Å². The van der Waals surface area contributed by atoms with Crippen LogP contribution in [-0.2, 0) is 9.47 Å². The largest absolute Gasteiger partial charge is 0.390 e. The van der Waals surface area contributed by atoms with E-state index in [-0.39, 0.29) is 17.4 Å². The lowest BCUT2D eigenvalue weighted by molar-refractivity contribution is -0.232. The Morgan fingerprint density at radius 2 is 1.95 bits per heavy atom. The SMILES string of the molecule is C[C@@H]1CO[C@@]2(O)[C@@H]1C[C@]1(C)[C@@H](C)CC[C@H](O)[C@@]13O[C@@H]23. The summed E-state index contributed by atoms with van der Waals surface area (Å²) in [6.07, 6.45) is 1.88. The molecule has 4 fully saturated rings. The molecule has 108 valence electrons. The van der Waals surface area contributed by atoms with Crippen LogP contribution in [0.4, 0.5) is 0 Å². The van der Waals surface area contributed by atoms with E-state index in [1.54, 1.807) is 0 Å². The summed E-state index contributed by atoms with van der Waals surface area (Å²) >= 11 is 0. The molecule has 1 spiro atoms. The van der Waals surface area contributed by atoms with Gasteiger partial charge in [-0.25, -0.2) is 0 Å². The molecule has 2 N–H and O–H groups in total. The van der Waals surface area contributed by atoms with Gasteiger partial charge < -0.3 is 19.7 Å². The normalized spacial score (nSPS) is 67.1. The number of hydrogen-bond acceptors (Lipinski definition) is 4. The predicted octanol–water partition coefficient (Wildman–Crippen LogP) is 1.30. The molecule has 0 radical (unpaired) electrons. The number of rotatable bonds is 0. The highest BCUT2D eigenvalue weighted by molar-refractivity contribution is 5.28. The first-order chi connectivity index (χ1) is 8.86. The van der Waals surface area contributed by atoms with E-state index in [2.05, 4.69) is 20.8 Å². The van der Waals surface area contributed by atoms with Gasteiger partial charge in [0.1, 0.15) is 11.7 Å². The Bertz CT molecular complexity index is 426. The standard InChI is InChI=1S/C15H24O4/c1-8-7-18-15(17)10(8)6-13(3)9(2)4-5-11(16)14(13)12(15)19-14/h8-12,16-17H,4-7H2,1-3H3/t8-,9+,10-,11+,12-,13-,14+,15+/m1/s1. The van der Waals surface area contributed by atoms with Crippen molar-refractivity contribution in [3.8, 4) is 0 Å². The molecule has 0 amide bonds. The summed E-state index contributed by atoms with van der Waals surface area (Å²) in [5.74, 6) is -0.170. The Balaban J connectivity index is 1.80. The van der Waals surface area contributed by atoms with E-state index >= 15 is 0 Å². The minimum Gasteiger partial charge on any atom is -0.390 e. The minimum absolute atomic E-state index is 0.0474. The molecular formula is C15H24O4. The fourth-order valence-corrected chi connectivity index (χ4v) is 5.28. The number of ether oxygens (including phenoxy) is 2. The van der Waals surface area contributed by atoms with Crippen molar-refractivity contribution in [2.75, 3.05) is 6.61 Å². The summed E-state index contributed by atoms with van der Waals surface area (Å²) in [6.45, 7) is 7.24. The van der Waals surface area contributed by atoms with Crippen LogP contribution in [0.3, 0.4) is 0 Å². The van der Waals surface area contributed by atoms with Crippen molar-refractivity contribution in [2.24, 2.45) is 23.2 Å². The van der Waals surface area contributed by atoms with Gasteiger partial charge in [0.25, 0.3) is 0 Å². The zero-order valence-corrected chi connectivity index (χ0v) is 11.9. The molecule has 4 aliphatic rings. The average molecular weight is 268 g/mol. The maximum Gasteiger partial charge on any atom is 0.198 e. The molecule has 2 aliphatic carbocycles. The summed E-state index contributed by atoms with van der Waals surface area (Å²) in [6, 6.07) is 0. The van der Waals surface area contributed by atoms with Gasteiger partial charge >= 0.3 is 0 Å². The van der Waals surface area contributed by atoms with Crippen molar-refractivity contribution in [1.29, 1.82) is 0 Å². The molecule has 2 saturated heterocycles. The van der Waals surface area contributed by atoms with Gasteiger partial charge in [0, 0.05) is 11.3 Å². The Kier molecular flexibility index (Phi) is 2.22. The molecule has 4 rings (SSSR count). The molecule has 2 saturated carbocycles. The van der Waals surface area contributed by atoms with Crippen molar-refractivity contribution in [2.45, 2.75) is 63.6 Å².